The summed E-state index contributed by atoms with van der Waals surface area (Å²) in [6.07, 6.45) is 3.67. The van der Waals surface area contributed by atoms with Gasteiger partial charge in [-0.15, -0.1) is 0 Å². The van der Waals surface area contributed by atoms with Gasteiger partial charge in [-0.3, -0.25) is 4.79 Å². The SMILES string of the molecule is CC1=C(C(=O)Nc2cccc(C)c2)C(c2cn(Cc3ccccc3)c3ccccc23)n2ncnc2N1. The summed E-state index contributed by atoms with van der Waals surface area (Å²) in [5.74, 6) is 0.445. The maximum absolute atomic E-state index is 13.8. The molecule has 0 saturated carbocycles. The molecule has 7 nitrogen and oxygen atoms in total. The van der Waals surface area contributed by atoms with Crippen molar-refractivity contribution in [3.63, 3.8) is 0 Å². The van der Waals surface area contributed by atoms with Gasteiger partial charge in [-0.2, -0.15) is 10.1 Å². The second kappa shape index (κ2) is 8.85. The van der Waals surface area contributed by atoms with E-state index < -0.39 is 6.04 Å². The van der Waals surface area contributed by atoms with Crippen molar-refractivity contribution in [2.75, 3.05) is 10.6 Å². The summed E-state index contributed by atoms with van der Waals surface area (Å²) < 4.78 is 4.04. The number of rotatable bonds is 5. The van der Waals surface area contributed by atoms with E-state index in [-0.39, 0.29) is 5.91 Å². The highest BCUT2D eigenvalue weighted by Gasteiger charge is 2.35. The molecule has 7 heteroatoms. The standard InChI is InChI=1S/C29H26N6O/c1-19-9-8-12-22(15-19)33-28(36)26-20(2)32-29-30-18-31-35(29)27(26)24-17-34(16-21-10-4-3-5-11-21)25-14-7-6-13-23(24)25/h3-15,17-18,27H,16H2,1-2H3,(H,33,36)(H,30,31,32). The number of allylic oxidation sites excluding steroid dienone is 1. The minimum Gasteiger partial charge on any atom is -0.343 e. The first kappa shape index (κ1) is 21.9. The second-order valence-corrected chi connectivity index (χ2v) is 9.13. The van der Waals surface area contributed by atoms with Gasteiger partial charge in [0.2, 0.25) is 5.95 Å². The number of anilines is 2. The van der Waals surface area contributed by atoms with E-state index in [9.17, 15) is 4.79 Å². The normalized spacial score (nSPS) is 15.0. The summed E-state index contributed by atoms with van der Waals surface area (Å²) in [4.78, 5) is 18.2. The zero-order valence-corrected chi connectivity index (χ0v) is 20.1. The number of aryl methyl sites for hydroxylation is 1. The lowest BCUT2D eigenvalue weighted by molar-refractivity contribution is -0.113. The third kappa shape index (κ3) is 3.84. The number of amides is 1. The van der Waals surface area contributed by atoms with E-state index in [0.29, 0.717) is 11.5 Å². The van der Waals surface area contributed by atoms with Gasteiger partial charge in [0.05, 0.1) is 5.57 Å². The number of nitrogens with zero attached hydrogens (tertiary/aromatic N) is 4. The minimum atomic E-state index is -0.435. The van der Waals surface area contributed by atoms with Gasteiger partial charge in [-0.25, -0.2) is 4.68 Å². The van der Waals surface area contributed by atoms with Gasteiger partial charge in [0, 0.05) is 40.6 Å². The molecule has 0 radical (unpaired) electrons. The van der Waals surface area contributed by atoms with Crippen LogP contribution < -0.4 is 10.6 Å². The smallest absolute Gasteiger partial charge is 0.255 e. The van der Waals surface area contributed by atoms with Crippen LogP contribution in [0.2, 0.25) is 0 Å². The van der Waals surface area contributed by atoms with Crippen molar-refractivity contribution in [3.8, 4) is 0 Å². The molecule has 0 saturated heterocycles. The molecule has 178 valence electrons. The molecule has 1 aliphatic rings. The lowest BCUT2D eigenvalue weighted by Crippen LogP contribution is -2.31. The summed E-state index contributed by atoms with van der Waals surface area (Å²) in [7, 11) is 0. The highest BCUT2D eigenvalue weighted by molar-refractivity contribution is 6.06. The molecule has 1 aliphatic heterocycles. The molecule has 1 unspecified atom stereocenters. The van der Waals surface area contributed by atoms with Crippen LogP contribution in [0.25, 0.3) is 10.9 Å². The quantitative estimate of drug-likeness (QED) is 0.352. The van der Waals surface area contributed by atoms with Crippen molar-refractivity contribution in [2.24, 2.45) is 0 Å². The molecule has 0 aliphatic carbocycles. The molecule has 3 aromatic carbocycles. The number of aromatic nitrogens is 4. The molecule has 0 spiro atoms. The lowest BCUT2D eigenvalue weighted by Gasteiger charge is -2.28. The fourth-order valence-corrected chi connectivity index (χ4v) is 5.00. The number of para-hydroxylation sites is 1. The summed E-state index contributed by atoms with van der Waals surface area (Å²) in [5, 5.41) is 12.0. The Kier molecular flexibility index (Phi) is 5.37. The predicted octanol–water partition coefficient (Wildman–Crippen LogP) is 5.52. The van der Waals surface area contributed by atoms with Gasteiger partial charge < -0.3 is 15.2 Å². The Morgan fingerprint density at radius 1 is 1.00 bits per heavy atom. The topological polar surface area (TPSA) is 76.8 Å². The van der Waals surface area contributed by atoms with E-state index in [2.05, 4.69) is 67.9 Å². The lowest BCUT2D eigenvalue weighted by atomic mass is 9.94. The van der Waals surface area contributed by atoms with Crippen molar-refractivity contribution < 1.29 is 4.79 Å². The second-order valence-electron chi connectivity index (χ2n) is 9.13. The van der Waals surface area contributed by atoms with E-state index in [1.807, 2.05) is 56.3 Å². The molecule has 1 amide bonds. The van der Waals surface area contributed by atoms with Crippen LogP contribution in [0.3, 0.4) is 0 Å². The average Bonchev–Trinajstić information content (AvgIpc) is 3.48. The molecule has 36 heavy (non-hydrogen) atoms. The number of fused-ring (bicyclic) bond motifs is 2. The highest BCUT2D eigenvalue weighted by atomic mass is 16.1. The molecule has 2 aromatic heterocycles. The van der Waals surface area contributed by atoms with Gasteiger partial charge in [0.25, 0.3) is 5.91 Å². The van der Waals surface area contributed by atoms with Crippen molar-refractivity contribution in [3.05, 3.63) is 119 Å². The Morgan fingerprint density at radius 2 is 1.81 bits per heavy atom. The molecule has 1 atom stereocenters. The Morgan fingerprint density at radius 3 is 2.64 bits per heavy atom. The van der Waals surface area contributed by atoms with E-state index in [1.54, 1.807) is 4.68 Å². The average molecular weight is 475 g/mol. The first-order valence-corrected chi connectivity index (χ1v) is 12.0. The number of nitrogens with one attached hydrogen (secondary N) is 2. The summed E-state index contributed by atoms with van der Waals surface area (Å²) >= 11 is 0. The Bertz CT molecular complexity index is 1610. The number of hydrogen-bond donors (Lipinski definition) is 2. The number of benzene rings is 3. The molecule has 6 rings (SSSR count). The molecule has 2 N–H and O–H groups in total. The van der Waals surface area contributed by atoms with E-state index in [1.165, 1.54) is 11.9 Å². The predicted molar refractivity (Wildman–Crippen MR) is 142 cm³/mol. The largest absolute Gasteiger partial charge is 0.343 e. The first-order chi connectivity index (χ1) is 17.6. The highest BCUT2D eigenvalue weighted by Crippen LogP contribution is 2.39. The zero-order chi connectivity index (χ0) is 24.6. The third-order valence-electron chi connectivity index (χ3n) is 6.62. The molecule has 0 fully saturated rings. The molecule has 0 bridgehead atoms. The number of hydrogen-bond acceptors (Lipinski definition) is 4. The van der Waals surface area contributed by atoms with E-state index in [0.717, 1.165) is 40.0 Å². The van der Waals surface area contributed by atoms with Crippen molar-refractivity contribution in [1.82, 2.24) is 19.3 Å². The van der Waals surface area contributed by atoms with Crippen LogP contribution in [0.1, 0.15) is 29.7 Å². The monoisotopic (exact) mass is 474 g/mol. The van der Waals surface area contributed by atoms with Crippen molar-refractivity contribution in [1.29, 1.82) is 0 Å². The van der Waals surface area contributed by atoms with Gasteiger partial charge in [-0.05, 0) is 43.2 Å². The van der Waals surface area contributed by atoms with Crippen LogP contribution in [0, 0.1) is 6.92 Å². The first-order valence-electron chi connectivity index (χ1n) is 12.0. The molecule has 5 aromatic rings. The van der Waals surface area contributed by atoms with Crippen LogP contribution in [-0.4, -0.2) is 25.2 Å². The Hall–Kier alpha value is -4.65. The van der Waals surface area contributed by atoms with Gasteiger partial charge >= 0.3 is 0 Å². The third-order valence-corrected chi connectivity index (χ3v) is 6.62. The van der Waals surface area contributed by atoms with Crippen LogP contribution in [0.15, 0.2) is 103 Å². The summed E-state index contributed by atoms with van der Waals surface area (Å²) in [6, 6.07) is 26.1. The maximum Gasteiger partial charge on any atom is 0.255 e. The van der Waals surface area contributed by atoms with E-state index >= 15 is 0 Å². The van der Waals surface area contributed by atoms with Gasteiger partial charge in [0.1, 0.15) is 12.4 Å². The fourth-order valence-electron chi connectivity index (χ4n) is 5.00. The molecular formula is C29H26N6O. The Balaban J connectivity index is 1.48. The Labute approximate surface area is 209 Å². The summed E-state index contributed by atoms with van der Waals surface area (Å²) in [6.45, 7) is 4.65. The number of carbonyl (C=O) groups excluding carboxylic acids is 1. The van der Waals surface area contributed by atoms with E-state index in [4.69, 9.17) is 0 Å². The van der Waals surface area contributed by atoms with Crippen LogP contribution >= 0.6 is 0 Å². The van der Waals surface area contributed by atoms with Crippen LogP contribution in [0.4, 0.5) is 11.6 Å². The van der Waals surface area contributed by atoms with Crippen molar-refractivity contribution >= 4 is 28.4 Å². The van der Waals surface area contributed by atoms with Gasteiger partial charge in [0.15, 0.2) is 0 Å². The van der Waals surface area contributed by atoms with Crippen LogP contribution in [-0.2, 0) is 11.3 Å². The van der Waals surface area contributed by atoms with Gasteiger partial charge in [-0.1, -0.05) is 60.7 Å². The fraction of sp³-hybridized carbons (Fsp3) is 0.138. The zero-order valence-electron chi connectivity index (χ0n) is 20.1. The minimum absolute atomic E-state index is 0.170. The maximum atomic E-state index is 13.8. The number of carbonyl (C=O) groups is 1. The summed E-state index contributed by atoms with van der Waals surface area (Å²) in [5.41, 5.74) is 6.52. The van der Waals surface area contributed by atoms with Crippen LogP contribution in [0.5, 0.6) is 0 Å². The molecular weight excluding hydrogens is 448 g/mol. The molecule has 3 heterocycles. The van der Waals surface area contributed by atoms with Crippen molar-refractivity contribution in [2.45, 2.75) is 26.4 Å².